The number of aromatic carboxylic acids is 1. The van der Waals surface area contributed by atoms with Gasteiger partial charge in [0.15, 0.2) is 5.75 Å². The fourth-order valence-corrected chi connectivity index (χ4v) is 1.08. The van der Waals surface area contributed by atoms with Gasteiger partial charge in [0.1, 0.15) is 5.56 Å². The van der Waals surface area contributed by atoms with Gasteiger partial charge < -0.3 is 14.6 Å². The molecule has 0 heterocycles. The lowest BCUT2D eigenvalue weighted by atomic mass is 10.1. The molecule has 0 amide bonds. The average molecular weight is 210 g/mol. The Morgan fingerprint density at radius 2 is 2.00 bits per heavy atom. The van der Waals surface area contributed by atoms with Gasteiger partial charge in [-0.05, 0) is 18.6 Å². The molecule has 0 fully saturated rings. The van der Waals surface area contributed by atoms with E-state index in [0.29, 0.717) is 5.56 Å². The Hall–Kier alpha value is -2.04. The van der Waals surface area contributed by atoms with E-state index in [2.05, 4.69) is 4.74 Å². The molecule has 0 unspecified atom stereocenters. The normalized spacial score (nSPS) is 9.47. The van der Waals surface area contributed by atoms with Crippen molar-refractivity contribution in [1.82, 2.24) is 0 Å². The van der Waals surface area contributed by atoms with Gasteiger partial charge in [-0.25, -0.2) is 9.59 Å². The van der Waals surface area contributed by atoms with Gasteiger partial charge in [-0.3, -0.25) is 0 Å². The maximum Gasteiger partial charge on any atom is 0.513 e. The van der Waals surface area contributed by atoms with Crippen molar-refractivity contribution in [1.29, 1.82) is 0 Å². The topological polar surface area (TPSA) is 72.8 Å². The Balaban J connectivity index is 3.13. The van der Waals surface area contributed by atoms with Crippen molar-refractivity contribution >= 4 is 12.1 Å². The number of carbonyl (C=O) groups excluding carboxylic acids is 1. The minimum atomic E-state index is -1.15. The highest BCUT2D eigenvalue weighted by atomic mass is 16.7. The molecular weight excluding hydrogens is 200 g/mol. The summed E-state index contributed by atoms with van der Waals surface area (Å²) < 4.78 is 9.03. The molecule has 0 spiro atoms. The Labute approximate surface area is 86.2 Å². The molecule has 0 saturated carbocycles. The molecule has 0 saturated heterocycles. The largest absolute Gasteiger partial charge is 0.513 e. The molecule has 1 aromatic carbocycles. The number of methoxy groups -OCH3 is 1. The molecule has 80 valence electrons. The van der Waals surface area contributed by atoms with E-state index in [1.54, 1.807) is 19.1 Å². The van der Waals surface area contributed by atoms with Crippen LogP contribution in [0.4, 0.5) is 4.79 Å². The summed E-state index contributed by atoms with van der Waals surface area (Å²) in [6.45, 7) is 1.64. The molecule has 1 aromatic rings. The predicted octanol–water partition coefficient (Wildman–Crippen LogP) is 1.84. The molecular formula is C10H10O5. The van der Waals surface area contributed by atoms with Crippen LogP contribution in [0.2, 0.25) is 0 Å². The number of aryl methyl sites for hydroxylation is 1. The Kier molecular flexibility index (Phi) is 3.28. The molecule has 15 heavy (non-hydrogen) atoms. The smallest absolute Gasteiger partial charge is 0.478 e. The first-order valence-corrected chi connectivity index (χ1v) is 4.15. The van der Waals surface area contributed by atoms with Gasteiger partial charge in [0.2, 0.25) is 0 Å². The molecule has 0 radical (unpaired) electrons. The first kappa shape index (κ1) is 11.0. The second-order valence-electron chi connectivity index (χ2n) is 2.81. The lowest BCUT2D eigenvalue weighted by molar-refractivity contribution is 0.0691. The van der Waals surface area contributed by atoms with E-state index in [1.807, 2.05) is 0 Å². The zero-order valence-electron chi connectivity index (χ0n) is 8.31. The highest BCUT2D eigenvalue weighted by Crippen LogP contribution is 2.23. The van der Waals surface area contributed by atoms with Gasteiger partial charge in [-0.2, -0.15) is 0 Å². The molecule has 0 aromatic heterocycles. The first-order valence-electron chi connectivity index (χ1n) is 4.15. The molecule has 0 aliphatic heterocycles. The minimum absolute atomic E-state index is 0.0110. The van der Waals surface area contributed by atoms with Crippen molar-refractivity contribution in [3.63, 3.8) is 0 Å². The number of hydrogen-bond acceptors (Lipinski definition) is 4. The van der Waals surface area contributed by atoms with Crippen molar-refractivity contribution in [2.24, 2.45) is 0 Å². The Bertz CT molecular complexity index is 397. The third-order valence-electron chi connectivity index (χ3n) is 1.79. The summed E-state index contributed by atoms with van der Waals surface area (Å²) in [6, 6.07) is 4.57. The summed E-state index contributed by atoms with van der Waals surface area (Å²) in [7, 11) is 1.15. The molecule has 0 bridgehead atoms. The first-order chi connectivity index (χ1) is 7.06. The second-order valence-corrected chi connectivity index (χ2v) is 2.81. The zero-order valence-corrected chi connectivity index (χ0v) is 8.31. The lowest BCUT2D eigenvalue weighted by Crippen LogP contribution is -2.11. The fourth-order valence-electron chi connectivity index (χ4n) is 1.08. The van der Waals surface area contributed by atoms with Crippen LogP contribution < -0.4 is 4.74 Å². The summed E-state index contributed by atoms with van der Waals surface area (Å²) in [6.07, 6.45) is -0.938. The Morgan fingerprint density at radius 1 is 1.33 bits per heavy atom. The predicted molar refractivity (Wildman–Crippen MR) is 51.2 cm³/mol. The number of carbonyl (C=O) groups is 2. The number of hydrogen-bond donors (Lipinski definition) is 1. The molecule has 1 N–H and O–H groups in total. The van der Waals surface area contributed by atoms with Gasteiger partial charge in [0.25, 0.3) is 0 Å². The third kappa shape index (κ3) is 2.46. The summed E-state index contributed by atoms with van der Waals surface area (Å²) in [4.78, 5) is 21.7. The van der Waals surface area contributed by atoms with E-state index in [9.17, 15) is 9.59 Å². The quantitative estimate of drug-likeness (QED) is 0.595. The van der Waals surface area contributed by atoms with Crippen LogP contribution >= 0.6 is 0 Å². The standard InChI is InChI=1S/C10H10O5/c1-6-4-3-5-7(9(11)12)8(6)15-10(13)14-2/h3-5H,1-2H3,(H,11,12). The monoisotopic (exact) mass is 210 g/mol. The van der Waals surface area contributed by atoms with Crippen LogP contribution in [-0.4, -0.2) is 24.3 Å². The maximum absolute atomic E-state index is 10.9. The number of carboxylic acid groups (broad SMARTS) is 1. The van der Waals surface area contributed by atoms with Gasteiger partial charge in [-0.1, -0.05) is 12.1 Å². The van der Waals surface area contributed by atoms with Crippen molar-refractivity contribution < 1.29 is 24.2 Å². The SMILES string of the molecule is COC(=O)Oc1c(C)cccc1C(=O)O. The van der Waals surface area contributed by atoms with E-state index in [1.165, 1.54) is 6.07 Å². The van der Waals surface area contributed by atoms with Gasteiger partial charge in [0, 0.05) is 0 Å². The van der Waals surface area contributed by atoms with E-state index in [0.717, 1.165) is 7.11 Å². The van der Waals surface area contributed by atoms with E-state index < -0.39 is 12.1 Å². The van der Waals surface area contributed by atoms with Crippen LogP contribution in [0.25, 0.3) is 0 Å². The Morgan fingerprint density at radius 3 is 2.53 bits per heavy atom. The van der Waals surface area contributed by atoms with Crippen LogP contribution in [0, 0.1) is 6.92 Å². The van der Waals surface area contributed by atoms with Crippen LogP contribution in [-0.2, 0) is 4.74 Å². The molecule has 5 nitrogen and oxygen atoms in total. The van der Waals surface area contributed by atoms with Crippen molar-refractivity contribution in [2.45, 2.75) is 6.92 Å². The fraction of sp³-hybridized carbons (Fsp3) is 0.200. The number of ether oxygens (including phenoxy) is 2. The number of benzene rings is 1. The van der Waals surface area contributed by atoms with Crippen LogP contribution in [0.15, 0.2) is 18.2 Å². The average Bonchev–Trinajstić information content (AvgIpc) is 2.20. The molecule has 1 rings (SSSR count). The van der Waals surface area contributed by atoms with Crippen LogP contribution in [0.3, 0.4) is 0 Å². The van der Waals surface area contributed by atoms with Gasteiger partial charge in [0.05, 0.1) is 7.11 Å². The van der Waals surface area contributed by atoms with E-state index in [4.69, 9.17) is 9.84 Å². The molecule has 0 atom stereocenters. The number of rotatable bonds is 2. The second kappa shape index (κ2) is 4.45. The summed E-state index contributed by atoms with van der Waals surface area (Å²) >= 11 is 0. The highest BCUT2D eigenvalue weighted by Gasteiger charge is 2.16. The van der Waals surface area contributed by atoms with Crippen molar-refractivity contribution in [2.75, 3.05) is 7.11 Å². The summed E-state index contributed by atoms with van der Waals surface area (Å²) in [5, 5.41) is 8.84. The molecule has 0 aliphatic rings. The number of para-hydroxylation sites is 1. The highest BCUT2D eigenvalue weighted by molar-refractivity contribution is 5.92. The van der Waals surface area contributed by atoms with Gasteiger partial charge in [-0.15, -0.1) is 0 Å². The van der Waals surface area contributed by atoms with Crippen LogP contribution in [0.5, 0.6) is 5.75 Å². The summed E-state index contributed by atoms with van der Waals surface area (Å²) in [5.74, 6) is -1.14. The number of carboxylic acids is 1. The molecule has 0 aliphatic carbocycles. The summed E-state index contributed by atoms with van der Waals surface area (Å²) in [5.41, 5.74) is 0.487. The van der Waals surface area contributed by atoms with E-state index >= 15 is 0 Å². The van der Waals surface area contributed by atoms with Gasteiger partial charge >= 0.3 is 12.1 Å². The van der Waals surface area contributed by atoms with Crippen molar-refractivity contribution in [3.8, 4) is 5.75 Å². The van der Waals surface area contributed by atoms with Crippen LogP contribution in [0.1, 0.15) is 15.9 Å². The molecule has 5 heteroatoms. The lowest BCUT2D eigenvalue weighted by Gasteiger charge is -2.08. The maximum atomic E-state index is 10.9. The van der Waals surface area contributed by atoms with E-state index in [-0.39, 0.29) is 11.3 Å². The van der Waals surface area contributed by atoms with Crippen molar-refractivity contribution in [3.05, 3.63) is 29.3 Å². The third-order valence-corrected chi connectivity index (χ3v) is 1.79. The zero-order chi connectivity index (χ0) is 11.4. The minimum Gasteiger partial charge on any atom is -0.478 e.